The predicted octanol–water partition coefficient (Wildman–Crippen LogP) is 4.49. The van der Waals surface area contributed by atoms with Crippen molar-refractivity contribution in [3.05, 3.63) is 70.5 Å². The van der Waals surface area contributed by atoms with Crippen molar-refractivity contribution < 1.29 is 13.9 Å². The van der Waals surface area contributed by atoms with Crippen LogP contribution in [0.3, 0.4) is 0 Å². The molecule has 0 spiro atoms. The third-order valence-corrected chi connectivity index (χ3v) is 5.47. The molecule has 140 valence electrons. The lowest BCUT2D eigenvalue weighted by molar-refractivity contribution is -0.144. The summed E-state index contributed by atoms with van der Waals surface area (Å²) in [5.41, 5.74) is 10.3. The highest BCUT2D eigenvalue weighted by Crippen LogP contribution is 2.35. The number of nitrogens with one attached hydrogen (secondary N) is 1. The van der Waals surface area contributed by atoms with E-state index in [4.69, 9.17) is 20.3 Å². The van der Waals surface area contributed by atoms with E-state index in [-0.39, 0.29) is 6.61 Å². The van der Waals surface area contributed by atoms with Gasteiger partial charge in [-0.25, -0.2) is 4.79 Å². The van der Waals surface area contributed by atoms with Crippen molar-refractivity contribution in [1.29, 1.82) is 5.41 Å². The molecule has 3 N–H and O–H groups in total. The molecule has 6 heteroatoms. The van der Waals surface area contributed by atoms with E-state index in [1.807, 2.05) is 43.3 Å². The smallest absolute Gasteiger partial charge is 0.328 e. The summed E-state index contributed by atoms with van der Waals surface area (Å²) in [6.45, 7) is 4.05. The van der Waals surface area contributed by atoms with E-state index < -0.39 is 12.0 Å². The van der Waals surface area contributed by atoms with Gasteiger partial charge in [0.05, 0.1) is 19.1 Å². The Balaban J connectivity index is 1.99. The Hall–Kier alpha value is -2.70. The molecule has 0 radical (unpaired) electrons. The first-order valence-corrected chi connectivity index (χ1v) is 9.53. The fraction of sp³-hybridized carbons (Fsp3) is 0.238. The summed E-state index contributed by atoms with van der Waals surface area (Å²) < 4.78 is 10.2. The Kier molecular flexibility index (Phi) is 5.88. The van der Waals surface area contributed by atoms with Crippen molar-refractivity contribution in [3.8, 4) is 10.4 Å². The number of ether oxygens (including phenoxy) is 1. The number of carbonyl (C=O) groups excluding carboxylic acids is 1. The molecule has 0 fully saturated rings. The van der Waals surface area contributed by atoms with Crippen LogP contribution in [0.25, 0.3) is 10.4 Å². The van der Waals surface area contributed by atoms with Gasteiger partial charge in [-0.3, -0.25) is 0 Å². The van der Waals surface area contributed by atoms with Gasteiger partial charge in [0, 0.05) is 27.5 Å². The van der Waals surface area contributed by atoms with Crippen LogP contribution in [0, 0.1) is 12.3 Å². The third kappa shape index (κ3) is 4.35. The molecular formula is C21H22N2O3S. The van der Waals surface area contributed by atoms with Gasteiger partial charge in [0.25, 0.3) is 0 Å². The molecule has 0 aliphatic rings. The molecule has 0 aliphatic carbocycles. The van der Waals surface area contributed by atoms with Gasteiger partial charge in [-0.15, -0.1) is 11.3 Å². The quantitative estimate of drug-likeness (QED) is 0.465. The molecule has 1 aromatic carbocycles. The van der Waals surface area contributed by atoms with Crippen LogP contribution in [0.15, 0.2) is 53.3 Å². The molecule has 5 nitrogen and oxygen atoms in total. The molecular weight excluding hydrogens is 360 g/mol. The molecule has 0 amide bonds. The summed E-state index contributed by atoms with van der Waals surface area (Å²) in [6, 6.07) is 11.0. The fourth-order valence-corrected chi connectivity index (χ4v) is 3.95. The molecule has 3 rings (SSSR count). The van der Waals surface area contributed by atoms with Crippen LogP contribution >= 0.6 is 11.3 Å². The van der Waals surface area contributed by atoms with Crippen LogP contribution in [-0.2, 0) is 16.0 Å². The van der Waals surface area contributed by atoms with Gasteiger partial charge in [-0.2, -0.15) is 0 Å². The molecule has 0 aliphatic heterocycles. The first kappa shape index (κ1) is 19.1. The number of hydrogen-bond donors (Lipinski definition) is 2. The highest BCUT2D eigenvalue weighted by molar-refractivity contribution is 7.16. The number of benzene rings is 1. The van der Waals surface area contributed by atoms with Crippen LogP contribution in [0.1, 0.15) is 34.5 Å². The molecule has 1 unspecified atom stereocenters. The van der Waals surface area contributed by atoms with Crippen molar-refractivity contribution in [1.82, 2.24) is 0 Å². The van der Waals surface area contributed by atoms with Gasteiger partial charge in [-0.05, 0) is 37.1 Å². The lowest BCUT2D eigenvalue weighted by Gasteiger charge is -2.11. The van der Waals surface area contributed by atoms with E-state index in [0.717, 1.165) is 16.0 Å². The summed E-state index contributed by atoms with van der Waals surface area (Å²) in [5, 5.41) is 8.55. The average molecular weight is 382 g/mol. The van der Waals surface area contributed by atoms with Gasteiger partial charge in [0.15, 0.2) is 0 Å². The molecule has 2 aromatic heterocycles. The zero-order chi connectivity index (χ0) is 19.4. The highest BCUT2D eigenvalue weighted by Gasteiger charge is 2.25. The molecule has 0 saturated heterocycles. The Morgan fingerprint density at radius 3 is 2.67 bits per heavy atom. The number of nitrogens with two attached hydrogens (primary N) is 1. The molecule has 0 bridgehead atoms. The first-order valence-electron chi connectivity index (χ1n) is 8.71. The zero-order valence-electron chi connectivity index (χ0n) is 15.3. The number of esters is 1. The summed E-state index contributed by atoms with van der Waals surface area (Å²) in [5.74, 6) is -0.479. The van der Waals surface area contributed by atoms with Crippen LogP contribution in [-0.4, -0.2) is 18.3 Å². The van der Waals surface area contributed by atoms with Crippen molar-refractivity contribution in [2.75, 3.05) is 6.61 Å². The fourth-order valence-electron chi connectivity index (χ4n) is 2.76. The number of furan rings is 1. The molecule has 1 atom stereocenters. The summed E-state index contributed by atoms with van der Waals surface area (Å²) in [4.78, 5) is 13.8. The SMILES string of the molecule is CCOC(=O)C(N)c1sc(-c2ccc(C)cc2)cc1C(=N)Cc1ccoc1. The number of aryl methyl sites for hydroxylation is 1. The molecule has 0 saturated carbocycles. The monoisotopic (exact) mass is 382 g/mol. The second kappa shape index (κ2) is 8.33. The minimum Gasteiger partial charge on any atom is -0.472 e. The number of rotatable bonds is 7. The van der Waals surface area contributed by atoms with Crippen molar-refractivity contribution in [2.45, 2.75) is 26.3 Å². The van der Waals surface area contributed by atoms with Crippen LogP contribution in [0.4, 0.5) is 0 Å². The molecule has 2 heterocycles. The van der Waals surface area contributed by atoms with Gasteiger partial charge < -0.3 is 20.3 Å². The standard InChI is InChI=1S/C21H22N2O3S/c1-3-26-21(24)19(23)20-16(17(22)10-14-8-9-25-12-14)11-18(27-20)15-6-4-13(2)5-7-15/h4-9,11-12,19,22H,3,10,23H2,1-2H3. The van der Waals surface area contributed by atoms with Gasteiger partial charge in [0.2, 0.25) is 0 Å². The molecule has 3 aromatic rings. The number of carbonyl (C=O) groups is 1. The Morgan fingerprint density at radius 1 is 1.30 bits per heavy atom. The second-order valence-electron chi connectivity index (χ2n) is 6.27. The Labute approximate surface area is 162 Å². The number of hydrogen-bond acceptors (Lipinski definition) is 6. The molecule has 27 heavy (non-hydrogen) atoms. The maximum atomic E-state index is 12.2. The topological polar surface area (TPSA) is 89.3 Å². The van der Waals surface area contributed by atoms with Crippen molar-refractivity contribution >= 4 is 23.0 Å². The van der Waals surface area contributed by atoms with Gasteiger partial charge in [0.1, 0.15) is 6.04 Å². The van der Waals surface area contributed by atoms with E-state index in [9.17, 15) is 4.79 Å². The normalized spacial score (nSPS) is 12.0. The predicted molar refractivity (Wildman–Crippen MR) is 107 cm³/mol. The van der Waals surface area contributed by atoms with E-state index >= 15 is 0 Å². The Bertz CT molecular complexity index is 927. The second-order valence-corrected chi connectivity index (χ2v) is 7.36. The maximum absolute atomic E-state index is 12.2. The van der Waals surface area contributed by atoms with Crippen LogP contribution < -0.4 is 5.73 Å². The maximum Gasteiger partial charge on any atom is 0.328 e. The van der Waals surface area contributed by atoms with Crippen LogP contribution in [0.2, 0.25) is 0 Å². The average Bonchev–Trinajstić information content (AvgIpc) is 3.31. The minimum absolute atomic E-state index is 0.268. The number of thiophene rings is 1. The summed E-state index contributed by atoms with van der Waals surface area (Å²) in [6.07, 6.45) is 3.61. The Morgan fingerprint density at radius 2 is 2.04 bits per heavy atom. The van der Waals surface area contributed by atoms with Crippen LogP contribution in [0.5, 0.6) is 0 Å². The lowest BCUT2D eigenvalue weighted by atomic mass is 10.0. The van der Waals surface area contributed by atoms with E-state index in [2.05, 4.69) is 0 Å². The van der Waals surface area contributed by atoms with Gasteiger partial charge in [-0.1, -0.05) is 29.8 Å². The van der Waals surface area contributed by atoms with E-state index in [0.29, 0.717) is 22.6 Å². The largest absolute Gasteiger partial charge is 0.472 e. The highest BCUT2D eigenvalue weighted by atomic mass is 32.1. The van der Waals surface area contributed by atoms with Crippen molar-refractivity contribution in [3.63, 3.8) is 0 Å². The summed E-state index contributed by atoms with van der Waals surface area (Å²) >= 11 is 1.43. The minimum atomic E-state index is -0.908. The third-order valence-electron chi connectivity index (χ3n) is 4.21. The van der Waals surface area contributed by atoms with E-state index in [1.165, 1.54) is 16.9 Å². The summed E-state index contributed by atoms with van der Waals surface area (Å²) in [7, 11) is 0. The van der Waals surface area contributed by atoms with Gasteiger partial charge >= 0.3 is 5.97 Å². The lowest BCUT2D eigenvalue weighted by Crippen LogP contribution is -2.24. The van der Waals surface area contributed by atoms with E-state index in [1.54, 1.807) is 19.5 Å². The zero-order valence-corrected chi connectivity index (χ0v) is 16.1. The first-order chi connectivity index (χ1) is 13.0. The van der Waals surface area contributed by atoms with Crippen molar-refractivity contribution in [2.24, 2.45) is 5.73 Å².